The number of nitrogens with one attached hydrogen (secondary N) is 1. The number of ether oxygens (including phenoxy) is 4. The van der Waals surface area contributed by atoms with Crippen LogP contribution in [0.5, 0.6) is 17.2 Å². The highest BCUT2D eigenvalue weighted by atomic mass is 16.5. The smallest absolute Gasteiger partial charge is 0.341 e. The minimum absolute atomic E-state index is 0.0964. The summed E-state index contributed by atoms with van der Waals surface area (Å²) in [7, 11) is 4.65. The molecule has 0 saturated heterocycles. The number of hydrogen-bond donors (Lipinski definition) is 1. The molecule has 2 aromatic rings. The first kappa shape index (κ1) is 21.2. The molecular formula is C22H24N2O6. The number of aliphatic imine (C=N–C) groups is 1. The lowest BCUT2D eigenvalue weighted by atomic mass is 9.88. The van der Waals surface area contributed by atoms with Crippen LogP contribution in [-0.2, 0) is 16.1 Å². The largest absolute Gasteiger partial charge is 0.497 e. The van der Waals surface area contributed by atoms with Crippen molar-refractivity contribution in [3.63, 3.8) is 0 Å². The highest BCUT2D eigenvalue weighted by Crippen LogP contribution is 2.34. The number of methoxy groups -OCH3 is 3. The second kappa shape index (κ2) is 9.30. The number of esters is 1. The molecule has 1 aliphatic rings. The first-order valence-corrected chi connectivity index (χ1v) is 9.34. The van der Waals surface area contributed by atoms with E-state index in [2.05, 4.69) is 10.3 Å². The molecule has 2 aromatic carbocycles. The summed E-state index contributed by atoms with van der Waals surface area (Å²) in [6.45, 7) is 1.74. The highest BCUT2D eigenvalue weighted by molar-refractivity contribution is 6.08. The molecule has 30 heavy (non-hydrogen) atoms. The van der Waals surface area contributed by atoms with Gasteiger partial charge < -0.3 is 24.3 Å². The molecule has 0 bridgehead atoms. The second-order valence-corrected chi connectivity index (χ2v) is 6.73. The van der Waals surface area contributed by atoms with Crippen LogP contribution < -0.4 is 19.5 Å². The molecule has 0 aromatic heterocycles. The van der Waals surface area contributed by atoms with Crippen molar-refractivity contribution in [3.05, 3.63) is 53.6 Å². The van der Waals surface area contributed by atoms with E-state index in [0.717, 1.165) is 11.3 Å². The first-order chi connectivity index (χ1) is 14.5. The fourth-order valence-electron chi connectivity index (χ4n) is 3.31. The third kappa shape index (κ3) is 4.53. The fourth-order valence-corrected chi connectivity index (χ4v) is 3.31. The Morgan fingerprint density at radius 1 is 1.00 bits per heavy atom. The number of hydrogen-bond acceptors (Lipinski definition) is 6. The summed E-state index contributed by atoms with van der Waals surface area (Å²) in [6, 6.07) is 11.3. The average molecular weight is 412 g/mol. The molecule has 158 valence electrons. The lowest BCUT2D eigenvalue weighted by molar-refractivity contribution is -0.148. The zero-order valence-electron chi connectivity index (χ0n) is 17.3. The Labute approximate surface area is 174 Å². The van der Waals surface area contributed by atoms with Crippen molar-refractivity contribution in [1.82, 2.24) is 5.32 Å². The van der Waals surface area contributed by atoms with Gasteiger partial charge in [0.1, 0.15) is 18.3 Å². The van der Waals surface area contributed by atoms with Crippen molar-refractivity contribution in [1.29, 1.82) is 0 Å². The van der Waals surface area contributed by atoms with E-state index in [1.54, 1.807) is 44.4 Å². The van der Waals surface area contributed by atoms with E-state index >= 15 is 0 Å². The van der Waals surface area contributed by atoms with E-state index in [0.29, 0.717) is 22.8 Å². The summed E-state index contributed by atoms with van der Waals surface area (Å²) in [5, 5.41) is 2.76. The molecule has 2 atom stereocenters. The monoisotopic (exact) mass is 412 g/mol. The number of benzene rings is 2. The number of carbonyl (C=O) groups is 2. The molecule has 0 radical (unpaired) electrons. The van der Waals surface area contributed by atoms with Gasteiger partial charge >= 0.3 is 12.0 Å². The van der Waals surface area contributed by atoms with E-state index in [9.17, 15) is 9.59 Å². The van der Waals surface area contributed by atoms with Crippen molar-refractivity contribution in [2.45, 2.75) is 19.6 Å². The van der Waals surface area contributed by atoms with Crippen LogP contribution in [0.15, 0.2) is 47.5 Å². The van der Waals surface area contributed by atoms with Crippen LogP contribution in [0.25, 0.3) is 0 Å². The summed E-state index contributed by atoms with van der Waals surface area (Å²) in [5.74, 6) is 0.518. The Hall–Kier alpha value is -3.55. The van der Waals surface area contributed by atoms with E-state index in [1.165, 1.54) is 14.2 Å². The molecule has 1 N–H and O–H groups in total. The number of amides is 2. The van der Waals surface area contributed by atoms with Gasteiger partial charge in [-0.3, -0.25) is 4.79 Å². The van der Waals surface area contributed by atoms with Crippen LogP contribution in [0, 0.1) is 5.92 Å². The van der Waals surface area contributed by atoms with Gasteiger partial charge in [0.25, 0.3) is 0 Å². The van der Waals surface area contributed by atoms with Crippen LogP contribution in [0.4, 0.5) is 4.79 Å². The van der Waals surface area contributed by atoms with Gasteiger partial charge in [0.15, 0.2) is 11.5 Å². The summed E-state index contributed by atoms with van der Waals surface area (Å²) in [6.07, 6.45) is 0. The molecule has 0 aliphatic carbocycles. The Morgan fingerprint density at radius 3 is 2.33 bits per heavy atom. The minimum atomic E-state index is -0.765. The van der Waals surface area contributed by atoms with Gasteiger partial charge in [-0.15, -0.1) is 0 Å². The highest BCUT2D eigenvalue weighted by Gasteiger charge is 2.38. The minimum Gasteiger partial charge on any atom is -0.497 e. The standard InChI is InChI=1S/C22H24N2O6/c1-13-19(21(25)30-12-14-5-8-16(27-2)9-6-14)20(24-22(26)23-13)15-7-10-17(28-3)18(11-15)29-4/h5-11,19-20H,12H2,1-4H3,(H,24,26). The van der Waals surface area contributed by atoms with Crippen LogP contribution in [-0.4, -0.2) is 39.0 Å². The molecule has 0 saturated carbocycles. The zero-order chi connectivity index (χ0) is 21.7. The maximum atomic E-state index is 12.9. The van der Waals surface area contributed by atoms with E-state index in [1.807, 2.05) is 12.1 Å². The molecule has 1 aliphatic heterocycles. The number of urea groups is 1. The Bertz CT molecular complexity index is 955. The topological polar surface area (TPSA) is 95.5 Å². The molecule has 0 spiro atoms. The molecular weight excluding hydrogens is 388 g/mol. The molecule has 3 rings (SSSR count). The number of rotatable bonds is 7. The SMILES string of the molecule is COc1ccc(COC(=O)C2C(C)=NC(=O)NC2c2ccc(OC)c(OC)c2)cc1. The van der Waals surface area contributed by atoms with Gasteiger partial charge in [0.2, 0.25) is 0 Å². The normalized spacial score (nSPS) is 18.1. The van der Waals surface area contributed by atoms with E-state index < -0.39 is 24.0 Å². The van der Waals surface area contributed by atoms with Crippen LogP contribution >= 0.6 is 0 Å². The van der Waals surface area contributed by atoms with Crippen LogP contribution in [0.3, 0.4) is 0 Å². The van der Waals surface area contributed by atoms with Gasteiger partial charge in [-0.25, -0.2) is 9.79 Å². The van der Waals surface area contributed by atoms with Crippen LogP contribution in [0.2, 0.25) is 0 Å². The average Bonchev–Trinajstić information content (AvgIpc) is 2.76. The van der Waals surface area contributed by atoms with Crippen molar-refractivity contribution < 1.29 is 28.5 Å². The van der Waals surface area contributed by atoms with Crippen molar-refractivity contribution in [2.24, 2.45) is 10.9 Å². The molecule has 1 heterocycles. The predicted molar refractivity (Wildman–Crippen MR) is 110 cm³/mol. The van der Waals surface area contributed by atoms with Gasteiger partial charge in [-0.05, 0) is 42.3 Å². The summed E-state index contributed by atoms with van der Waals surface area (Å²) in [4.78, 5) is 28.9. The van der Waals surface area contributed by atoms with Crippen LogP contribution in [0.1, 0.15) is 24.1 Å². The van der Waals surface area contributed by atoms with Crippen molar-refractivity contribution >= 4 is 17.7 Å². The molecule has 2 unspecified atom stereocenters. The Kier molecular flexibility index (Phi) is 6.56. The van der Waals surface area contributed by atoms with Crippen molar-refractivity contribution in [3.8, 4) is 17.2 Å². The first-order valence-electron chi connectivity index (χ1n) is 9.34. The molecule has 8 heteroatoms. The summed E-state index contributed by atoms with van der Waals surface area (Å²) in [5.41, 5.74) is 1.89. The van der Waals surface area contributed by atoms with Gasteiger partial charge in [0.05, 0.1) is 27.4 Å². The second-order valence-electron chi connectivity index (χ2n) is 6.73. The maximum absolute atomic E-state index is 12.9. The van der Waals surface area contributed by atoms with Gasteiger partial charge in [0, 0.05) is 5.71 Å². The Balaban J connectivity index is 1.82. The third-order valence-corrected chi connectivity index (χ3v) is 4.90. The number of carbonyl (C=O) groups excluding carboxylic acids is 2. The molecule has 8 nitrogen and oxygen atoms in total. The maximum Gasteiger partial charge on any atom is 0.341 e. The third-order valence-electron chi connectivity index (χ3n) is 4.90. The lowest BCUT2D eigenvalue weighted by Gasteiger charge is -2.30. The zero-order valence-corrected chi connectivity index (χ0v) is 17.3. The fraction of sp³-hybridized carbons (Fsp3) is 0.318. The lowest BCUT2D eigenvalue weighted by Crippen LogP contribution is -2.44. The van der Waals surface area contributed by atoms with E-state index in [4.69, 9.17) is 18.9 Å². The molecule has 2 amide bonds. The van der Waals surface area contributed by atoms with Gasteiger partial charge in [-0.1, -0.05) is 18.2 Å². The summed E-state index contributed by atoms with van der Waals surface area (Å²) >= 11 is 0. The predicted octanol–water partition coefficient (Wildman–Crippen LogP) is 3.30. The molecule has 0 fully saturated rings. The number of nitrogens with zero attached hydrogens (tertiary/aromatic N) is 1. The van der Waals surface area contributed by atoms with Gasteiger partial charge in [-0.2, -0.15) is 0 Å². The Morgan fingerprint density at radius 2 is 1.70 bits per heavy atom. The quantitative estimate of drug-likeness (QED) is 0.701. The van der Waals surface area contributed by atoms with Crippen molar-refractivity contribution in [2.75, 3.05) is 21.3 Å². The van der Waals surface area contributed by atoms with E-state index in [-0.39, 0.29) is 6.61 Å². The summed E-state index contributed by atoms with van der Waals surface area (Å²) < 4.78 is 21.3.